The first-order valence-electron chi connectivity index (χ1n) is 6.46. The van der Waals surface area contributed by atoms with Crippen LogP contribution in [-0.2, 0) is 4.79 Å². The zero-order chi connectivity index (χ0) is 13.0. The van der Waals surface area contributed by atoms with Gasteiger partial charge in [-0.1, -0.05) is 0 Å². The van der Waals surface area contributed by atoms with Crippen molar-refractivity contribution in [2.75, 3.05) is 11.9 Å². The molecule has 1 aliphatic heterocycles. The molecule has 1 saturated heterocycles. The first-order valence-corrected chi connectivity index (χ1v) is 6.46. The van der Waals surface area contributed by atoms with Gasteiger partial charge in [0.05, 0.1) is 12.1 Å². The van der Waals surface area contributed by atoms with E-state index in [1.807, 2.05) is 38.1 Å². The van der Waals surface area contributed by atoms with Crippen molar-refractivity contribution in [1.82, 2.24) is 5.32 Å². The summed E-state index contributed by atoms with van der Waals surface area (Å²) in [6, 6.07) is 7.43. The van der Waals surface area contributed by atoms with Gasteiger partial charge in [0.1, 0.15) is 5.75 Å². The first-order chi connectivity index (χ1) is 8.65. The molecule has 0 aromatic heterocycles. The fourth-order valence-electron chi connectivity index (χ4n) is 2.03. The number of carbonyl (C=O) groups excluding carboxylic acids is 1. The van der Waals surface area contributed by atoms with E-state index in [9.17, 15) is 4.79 Å². The molecular weight excluding hydrogens is 228 g/mol. The zero-order valence-electron chi connectivity index (χ0n) is 10.9. The van der Waals surface area contributed by atoms with Crippen molar-refractivity contribution >= 4 is 11.6 Å². The van der Waals surface area contributed by atoms with Crippen LogP contribution in [0.25, 0.3) is 0 Å². The molecule has 1 amide bonds. The number of benzene rings is 1. The third kappa shape index (κ3) is 3.47. The molecule has 18 heavy (non-hydrogen) atoms. The van der Waals surface area contributed by atoms with E-state index in [2.05, 4.69) is 10.6 Å². The SMILES string of the molecule is CC(C)Oc1ccc(NC(=O)[C@H]2CCCN2)cc1. The number of nitrogens with one attached hydrogen (secondary N) is 2. The molecule has 1 aromatic carbocycles. The van der Waals surface area contributed by atoms with Crippen LogP contribution >= 0.6 is 0 Å². The van der Waals surface area contributed by atoms with Crippen LogP contribution in [0, 0.1) is 0 Å². The number of anilines is 1. The van der Waals surface area contributed by atoms with Gasteiger partial charge in [-0.2, -0.15) is 0 Å². The Morgan fingerprint density at radius 1 is 1.39 bits per heavy atom. The normalized spacial score (nSPS) is 18.9. The Bertz CT molecular complexity index is 395. The predicted octanol–water partition coefficient (Wildman–Crippen LogP) is 2.16. The minimum atomic E-state index is -0.0448. The monoisotopic (exact) mass is 248 g/mol. The quantitative estimate of drug-likeness (QED) is 0.858. The second kappa shape index (κ2) is 5.87. The Kier molecular flexibility index (Phi) is 4.20. The minimum absolute atomic E-state index is 0.0448. The van der Waals surface area contributed by atoms with E-state index in [1.54, 1.807) is 0 Å². The Labute approximate surface area is 108 Å². The van der Waals surface area contributed by atoms with Gasteiger partial charge in [-0.3, -0.25) is 4.79 Å². The first kappa shape index (κ1) is 12.9. The average Bonchev–Trinajstić information content (AvgIpc) is 2.84. The predicted molar refractivity (Wildman–Crippen MR) is 71.9 cm³/mol. The molecule has 1 heterocycles. The molecule has 4 nitrogen and oxygen atoms in total. The van der Waals surface area contributed by atoms with Crippen molar-refractivity contribution < 1.29 is 9.53 Å². The van der Waals surface area contributed by atoms with Crippen LogP contribution < -0.4 is 15.4 Å². The average molecular weight is 248 g/mol. The summed E-state index contributed by atoms with van der Waals surface area (Å²) < 4.78 is 5.55. The van der Waals surface area contributed by atoms with E-state index in [0.717, 1.165) is 30.8 Å². The molecule has 0 spiro atoms. The zero-order valence-corrected chi connectivity index (χ0v) is 10.9. The van der Waals surface area contributed by atoms with Gasteiger partial charge in [0, 0.05) is 5.69 Å². The highest BCUT2D eigenvalue weighted by Gasteiger charge is 2.21. The molecule has 1 aromatic rings. The standard InChI is InChI=1S/C14H20N2O2/c1-10(2)18-12-7-5-11(6-8-12)16-14(17)13-4-3-9-15-13/h5-8,10,13,15H,3-4,9H2,1-2H3,(H,16,17)/t13-/m1/s1. The Balaban J connectivity index is 1.91. The summed E-state index contributed by atoms with van der Waals surface area (Å²) >= 11 is 0. The molecule has 1 fully saturated rings. The smallest absolute Gasteiger partial charge is 0.241 e. The second-order valence-corrected chi connectivity index (χ2v) is 4.83. The van der Waals surface area contributed by atoms with Gasteiger partial charge in [-0.05, 0) is 57.5 Å². The topological polar surface area (TPSA) is 50.4 Å². The highest BCUT2D eigenvalue weighted by atomic mass is 16.5. The number of ether oxygens (including phenoxy) is 1. The summed E-state index contributed by atoms with van der Waals surface area (Å²) in [4.78, 5) is 11.9. The van der Waals surface area contributed by atoms with Crippen LogP contribution in [0.4, 0.5) is 5.69 Å². The lowest BCUT2D eigenvalue weighted by Gasteiger charge is -2.12. The van der Waals surface area contributed by atoms with E-state index in [0.29, 0.717) is 0 Å². The molecular formula is C14H20N2O2. The van der Waals surface area contributed by atoms with E-state index < -0.39 is 0 Å². The van der Waals surface area contributed by atoms with E-state index >= 15 is 0 Å². The molecule has 0 radical (unpaired) electrons. The number of hydrogen-bond acceptors (Lipinski definition) is 3. The molecule has 0 aliphatic carbocycles. The van der Waals surface area contributed by atoms with Crippen molar-refractivity contribution in [2.45, 2.75) is 38.8 Å². The number of rotatable bonds is 4. The van der Waals surface area contributed by atoms with Crippen molar-refractivity contribution in [2.24, 2.45) is 0 Å². The van der Waals surface area contributed by atoms with Crippen molar-refractivity contribution in [1.29, 1.82) is 0 Å². The minimum Gasteiger partial charge on any atom is -0.491 e. The molecule has 0 unspecified atom stereocenters. The van der Waals surface area contributed by atoms with Gasteiger partial charge in [-0.25, -0.2) is 0 Å². The molecule has 4 heteroatoms. The summed E-state index contributed by atoms with van der Waals surface area (Å²) in [5, 5.41) is 6.08. The van der Waals surface area contributed by atoms with Gasteiger partial charge in [0.15, 0.2) is 0 Å². The molecule has 98 valence electrons. The Morgan fingerprint density at radius 2 is 2.11 bits per heavy atom. The largest absolute Gasteiger partial charge is 0.491 e. The maximum absolute atomic E-state index is 11.9. The van der Waals surface area contributed by atoms with E-state index in [1.165, 1.54) is 0 Å². The van der Waals surface area contributed by atoms with Crippen LogP contribution in [0.2, 0.25) is 0 Å². The van der Waals surface area contributed by atoms with Gasteiger partial charge >= 0.3 is 0 Å². The van der Waals surface area contributed by atoms with Crippen LogP contribution in [-0.4, -0.2) is 24.6 Å². The summed E-state index contributed by atoms with van der Waals surface area (Å²) in [6.07, 6.45) is 2.15. The van der Waals surface area contributed by atoms with Crippen molar-refractivity contribution in [3.05, 3.63) is 24.3 Å². The lowest BCUT2D eigenvalue weighted by Crippen LogP contribution is -2.35. The van der Waals surface area contributed by atoms with E-state index in [-0.39, 0.29) is 18.1 Å². The molecule has 0 bridgehead atoms. The lowest BCUT2D eigenvalue weighted by molar-refractivity contribution is -0.117. The molecule has 0 saturated carbocycles. The van der Waals surface area contributed by atoms with Gasteiger partial charge in [0.25, 0.3) is 0 Å². The van der Waals surface area contributed by atoms with Crippen LogP contribution in [0.1, 0.15) is 26.7 Å². The van der Waals surface area contributed by atoms with Crippen LogP contribution in [0.3, 0.4) is 0 Å². The second-order valence-electron chi connectivity index (χ2n) is 4.83. The van der Waals surface area contributed by atoms with Crippen LogP contribution in [0.15, 0.2) is 24.3 Å². The summed E-state index contributed by atoms with van der Waals surface area (Å²) in [6.45, 7) is 4.90. The van der Waals surface area contributed by atoms with Gasteiger partial charge < -0.3 is 15.4 Å². The molecule has 1 atom stereocenters. The lowest BCUT2D eigenvalue weighted by atomic mass is 10.2. The number of carbonyl (C=O) groups is 1. The van der Waals surface area contributed by atoms with Crippen LogP contribution in [0.5, 0.6) is 5.75 Å². The fraction of sp³-hybridized carbons (Fsp3) is 0.500. The molecule has 2 rings (SSSR count). The third-order valence-electron chi connectivity index (χ3n) is 2.87. The highest BCUT2D eigenvalue weighted by molar-refractivity contribution is 5.95. The Morgan fingerprint density at radius 3 is 2.67 bits per heavy atom. The van der Waals surface area contributed by atoms with Gasteiger partial charge in [-0.15, -0.1) is 0 Å². The summed E-state index contributed by atoms with van der Waals surface area (Å²) in [5.74, 6) is 0.868. The summed E-state index contributed by atoms with van der Waals surface area (Å²) in [7, 11) is 0. The molecule has 2 N–H and O–H groups in total. The highest BCUT2D eigenvalue weighted by Crippen LogP contribution is 2.17. The third-order valence-corrected chi connectivity index (χ3v) is 2.87. The van der Waals surface area contributed by atoms with Gasteiger partial charge in [0.2, 0.25) is 5.91 Å². The maximum Gasteiger partial charge on any atom is 0.241 e. The summed E-state index contributed by atoms with van der Waals surface area (Å²) in [5.41, 5.74) is 0.810. The fourth-order valence-corrected chi connectivity index (χ4v) is 2.03. The number of amides is 1. The maximum atomic E-state index is 11.9. The Hall–Kier alpha value is -1.55. The number of hydrogen-bond donors (Lipinski definition) is 2. The molecule has 1 aliphatic rings. The van der Waals surface area contributed by atoms with Crippen molar-refractivity contribution in [3.63, 3.8) is 0 Å². The van der Waals surface area contributed by atoms with E-state index in [4.69, 9.17) is 4.74 Å². The van der Waals surface area contributed by atoms with Crippen molar-refractivity contribution in [3.8, 4) is 5.75 Å².